The molecule has 3 nitrogen and oxygen atoms in total. The molecular formula is C21H23N3. The number of nitrogens with zero attached hydrogens (tertiary/aromatic N) is 3. The zero-order chi connectivity index (χ0) is 16.7. The third kappa shape index (κ3) is 2.71. The molecule has 0 spiro atoms. The lowest BCUT2D eigenvalue weighted by atomic mass is 9.95. The zero-order valence-corrected chi connectivity index (χ0v) is 14.5. The average molecular weight is 317 g/mol. The van der Waals surface area contributed by atoms with Gasteiger partial charge in [-0.15, -0.1) is 0 Å². The summed E-state index contributed by atoms with van der Waals surface area (Å²) >= 11 is 0. The van der Waals surface area contributed by atoms with Crippen molar-refractivity contribution in [3.63, 3.8) is 0 Å². The number of rotatable bonds is 4. The van der Waals surface area contributed by atoms with Crippen molar-refractivity contribution < 1.29 is 0 Å². The van der Waals surface area contributed by atoms with E-state index in [1.165, 1.54) is 22.2 Å². The Labute approximate surface area is 142 Å². The monoisotopic (exact) mass is 317 g/mol. The molecule has 0 radical (unpaired) electrons. The fourth-order valence-corrected chi connectivity index (χ4v) is 3.36. The number of hydrogen-bond acceptors (Lipinski definition) is 1. The van der Waals surface area contributed by atoms with Crippen LogP contribution in [0.1, 0.15) is 49.3 Å². The van der Waals surface area contributed by atoms with Crippen LogP contribution in [0.3, 0.4) is 0 Å². The van der Waals surface area contributed by atoms with Crippen molar-refractivity contribution in [2.45, 2.75) is 39.0 Å². The molecule has 0 bridgehead atoms. The number of aromatic nitrogens is 3. The molecule has 0 aliphatic rings. The second-order valence-electron chi connectivity index (χ2n) is 7.05. The average Bonchev–Trinajstić information content (AvgIpc) is 3.18. The fraction of sp³-hybridized carbons (Fsp3) is 0.286. The summed E-state index contributed by atoms with van der Waals surface area (Å²) in [7, 11) is 0. The topological polar surface area (TPSA) is 21.7 Å². The van der Waals surface area contributed by atoms with Gasteiger partial charge < -0.3 is 8.80 Å². The van der Waals surface area contributed by atoms with Gasteiger partial charge in [0.25, 0.3) is 0 Å². The van der Waals surface area contributed by atoms with E-state index >= 15 is 0 Å². The molecular weight excluding hydrogens is 294 g/mol. The van der Waals surface area contributed by atoms with Crippen molar-refractivity contribution in [1.29, 1.82) is 0 Å². The molecule has 122 valence electrons. The standard InChI is InChI=1S/C21H23N3/c1-15(2)18-4-8-24-14-17(11-20(24)12-18)10-16(3)19-5-7-23-9-6-22-21(23)13-19/h4-9,11-16H,10H2,1-3H3. The summed E-state index contributed by atoms with van der Waals surface area (Å²) in [5.74, 6) is 1.03. The first kappa shape index (κ1) is 15.0. The maximum atomic E-state index is 4.39. The molecule has 24 heavy (non-hydrogen) atoms. The van der Waals surface area contributed by atoms with Crippen LogP contribution in [0.15, 0.2) is 61.3 Å². The first-order valence-electron chi connectivity index (χ1n) is 8.63. The third-order valence-electron chi connectivity index (χ3n) is 4.88. The highest BCUT2D eigenvalue weighted by Crippen LogP contribution is 2.24. The van der Waals surface area contributed by atoms with Crippen LogP contribution in [0, 0.1) is 0 Å². The van der Waals surface area contributed by atoms with Crippen LogP contribution in [-0.2, 0) is 6.42 Å². The summed E-state index contributed by atoms with van der Waals surface area (Å²) in [6, 6.07) is 11.2. The van der Waals surface area contributed by atoms with Gasteiger partial charge in [0.05, 0.1) is 0 Å². The molecule has 0 saturated heterocycles. The van der Waals surface area contributed by atoms with Gasteiger partial charge in [0.1, 0.15) is 5.65 Å². The number of hydrogen-bond donors (Lipinski definition) is 0. The van der Waals surface area contributed by atoms with Crippen LogP contribution < -0.4 is 0 Å². The lowest BCUT2D eigenvalue weighted by Gasteiger charge is -2.11. The summed E-state index contributed by atoms with van der Waals surface area (Å²) in [5.41, 5.74) is 6.42. The van der Waals surface area contributed by atoms with E-state index in [0.29, 0.717) is 11.8 Å². The highest BCUT2D eigenvalue weighted by Gasteiger charge is 2.10. The van der Waals surface area contributed by atoms with Gasteiger partial charge >= 0.3 is 0 Å². The van der Waals surface area contributed by atoms with E-state index in [4.69, 9.17) is 0 Å². The Morgan fingerprint density at radius 3 is 2.54 bits per heavy atom. The highest BCUT2D eigenvalue weighted by molar-refractivity contribution is 5.53. The van der Waals surface area contributed by atoms with Crippen LogP contribution in [0.4, 0.5) is 0 Å². The van der Waals surface area contributed by atoms with Gasteiger partial charge in [-0.3, -0.25) is 0 Å². The van der Waals surface area contributed by atoms with E-state index in [0.717, 1.165) is 12.1 Å². The number of pyridine rings is 2. The number of imidazole rings is 1. The molecule has 1 atom stereocenters. The SMILES string of the molecule is CC(C)c1ccn2cc(CC(C)c3ccn4ccnc4c3)cc2c1. The van der Waals surface area contributed by atoms with E-state index in [-0.39, 0.29) is 0 Å². The van der Waals surface area contributed by atoms with E-state index in [1.54, 1.807) is 0 Å². The van der Waals surface area contributed by atoms with Crippen LogP contribution in [-0.4, -0.2) is 13.8 Å². The molecule has 0 fully saturated rings. The quantitative estimate of drug-likeness (QED) is 0.516. The summed E-state index contributed by atoms with van der Waals surface area (Å²) in [4.78, 5) is 4.39. The minimum Gasteiger partial charge on any atom is -0.324 e. The van der Waals surface area contributed by atoms with Gasteiger partial charge in [-0.2, -0.15) is 0 Å². The van der Waals surface area contributed by atoms with Gasteiger partial charge in [-0.25, -0.2) is 4.98 Å². The summed E-state index contributed by atoms with van der Waals surface area (Å²) in [5, 5.41) is 0. The third-order valence-corrected chi connectivity index (χ3v) is 4.88. The van der Waals surface area contributed by atoms with Crippen LogP contribution in [0.5, 0.6) is 0 Å². The summed E-state index contributed by atoms with van der Waals surface area (Å²) < 4.78 is 4.28. The summed E-state index contributed by atoms with van der Waals surface area (Å²) in [6.07, 6.45) is 11.4. The largest absolute Gasteiger partial charge is 0.324 e. The molecule has 0 N–H and O–H groups in total. The van der Waals surface area contributed by atoms with Crippen molar-refractivity contribution in [2.24, 2.45) is 0 Å². The zero-order valence-electron chi connectivity index (χ0n) is 14.5. The van der Waals surface area contributed by atoms with Crippen LogP contribution in [0.25, 0.3) is 11.2 Å². The normalized spacial score (nSPS) is 13.2. The lowest BCUT2D eigenvalue weighted by molar-refractivity contribution is 0.757. The Kier molecular flexibility index (Phi) is 3.64. The van der Waals surface area contributed by atoms with E-state index in [2.05, 4.69) is 83.5 Å². The van der Waals surface area contributed by atoms with Crippen LogP contribution >= 0.6 is 0 Å². The molecule has 4 aromatic heterocycles. The van der Waals surface area contributed by atoms with Crippen molar-refractivity contribution in [2.75, 3.05) is 0 Å². The van der Waals surface area contributed by atoms with Crippen molar-refractivity contribution in [3.8, 4) is 0 Å². The Hall–Kier alpha value is -2.55. The molecule has 0 aliphatic carbocycles. The van der Waals surface area contributed by atoms with Gasteiger partial charge in [0, 0.05) is 36.5 Å². The van der Waals surface area contributed by atoms with Gasteiger partial charge in [-0.1, -0.05) is 20.8 Å². The second kappa shape index (κ2) is 5.82. The van der Waals surface area contributed by atoms with Gasteiger partial charge in [0.15, 0.2) is 0 Å². The fourth-order valence-electron chi connectivity index (χ4n) is 3.36. The molecule has 4 rings (SSSR count). The predicted octanol–water partition coefficient (Wildman–Crippen LogP) is 5.06. The van der Waals surface area contributed by atoms with E-state index in [9.17, 15) is 0 Å². The Morgan fingerprint density at radius 2 is 1.71 bits per heavy atom. The molecule has 3 heteroatoms. The predicted molar refractivity (Wildman–Crippen MR) is 98.8 cm³/mol. The Morgan fingerprint density at radius 1 is 0.917 bits per heavy atom. The van der Waals surface area contributed by atoms with Crippen molar-refractivity contribution in [3.05, 3.63) is 78.0 Å². The molecule has 1 unspecified atom stereocenters. The molecule has 0 aromatic carbocycles. The molecule has 0 saturated carbocycles. The van der Waals surface area contributed by atoms with Crippen molar-refractivity contribution >= 4 is 11.2 Å². The maximum absolute atomic E-state index is 4.39. The number of fused-ring (bicyclic) bond motifs is 2. The molecule has 0 amide bonds. The summed E-state index contributed by atoms with van der Waals surface area (Å²) in [6.45, 7) is 6.77. The minimum absolute atomic E-state index is 0.466. The van der Waals surface area contributed by atoms with E-state index in [1.807, 2.05) is 12.4 Å². The lowest BCUT2D eigenvalue weighted by Crippen LogP contribution is -1.98. The van der Waals surface area contributed by atoms with Gasteiger partial charge in [0.2, 0.25) is 0 Å². The Bertz CT molecular complexity index is 991. The smallest absolute Gasteiger partial charge is 0.136 e. The minimum atomic E-state index is 0.466. The maximum Gasteiger partial charge on any atom is 0.136 e. The first-order chi connectivity index (χ1) is 11.6. The molecule has 4 heterocycles. The first-order valence-corrected chi connectivity index (χ1v) is 8.63. The molecule has 0 aliphatic heterocycles. The Balaban J connectivity index is 1.60. The van der Waals surface area contributed by atoms with E-state index < -0.39 is 0 Å². The highest BCUT2D eigenvalue weighted by atomic mass is 15.0. The van der Waals surface area contributed by atoms with Gasteiger partial charge in [-0.05, 0) is 65.3 Å². The van der Waals surface area contributed by atoms with Crippen molar-refractivity contribution in [1.82, 2.24) is 13.8 Å². The second-order valence-corrected chi connectivity index (χ2v) is 7.05. The van der Waals surface area contributed by atoms with Crippen LogP contribution in [0.2, 0.25) is 0 Å². The molecule has 4 aromatic rings.